The number of rotatable bonds is 8. The summed E-state index contributed by atoms with van der Waals surface area (Å²) in [6.45, 7) is 14.3. The van der Waals surface area contributed by atoms with E-state index >= 15 is 0 Å². The van der Waals surface area contributed by atoms with Crippen molar-refractivity contribution in [3.63, 3.8) is 0 Å². The minimum absolute atomic E-state index is 0.129. The van der Waals surface area contributed by atoms with Gasteiger partial charge in [0.15, 0.2) is 0 Å². The Morgan fingerprint density at radius 3 is 0.789 bits per heavy atom. The summed E-state index contributed by atoms with van der Waals surface area (Å²) in [6.07, 6.45) is 0. The van der Waals surface area contributed by atoms with Crippen LogP contribution in [0, 0.1) is 0 Å². The largest absolute Gasteiger partial charge is 0.310 e. The van der Waals surface area contributed by atoms with E-state index in [9.17, 15) is 0 Å². The highest BCUT2D eigenvalue weighted by Crippen LogP contribution is 2.56. The lowest BCUT2D eigenvalue weighted by Gasteiger charge is -2.31. The molecule has 0 aliphatic heterocycles. The summed E-state index contributed by atoms with van der Waals surface area (Å²) in [6, 6.07) is 85.9. The van der Waals surface area contributed by atoms with Gasteiger partial charge in [-0.2, -0.15) is 0 Å². The SMILES string of the molecule is CC1(C)c2ccccc2-c2ccc(N(c3ccc4c(c3)C(C)(C)c3ccccc3-4)c3ccc4c(c3)C(C)(C)c3cc(N(c5ccc(-c6ccccc6)cc5)c5ccc(-c6ccccc6)cc5)ccc3-4)cc21. The van der Waals surface area contributed by atoms with Gasteiger partial charge in [0.1, 0.15) is 0 Å². The Morgan fingerprint density at radius 1 is 0.211 bits per heavy atom. The van der Waals surface area contributed by atoms with Crippen molar-refractivity contribution in [3.05, 3.63) is 264 Å². The highest BCUT2D eigenvalue weighted by atomic mass is 15.1. The molecule has 0 unspecified atom stereocenters. The van der Waals surface area contributed by atoms with Crippen LogP contribution < -0.4 is 9.80 Å². The molecule has 10 aromatic rings. The molecule has 0 spiro atoms. The molecular weight excluding hydrogens is 857 g/mol. The van der Waals surface area contributed by atoms with Gasteiger partial charge < -0.3 is 9.80 Å². The van der Waals surface area contributed by atoms with Crippen molar-refractivity contribution in [3.8, 4) is 55.6 Å². The van der Waals surface area contributed by atoms with Crippen LogP contribution in [0.4, 0.5) is 34.1 Å². The zero-order chi connectivity index (χ0) is 48.2. The standard InChI is InChI=1S/C69H56N2/c1-67(2)61-23-15-13-21-55(61)57-37-34-52(42-63(57)67)71(53-35-38-58-56-22-14-16-24-62(56)68(3,4)64(58)43-53)54-36-40-60-59-39-33-51(41-65(59)69(5,6)66(60)44-54)70(49-29-25-47(26-30-49)45-17-9-7-10-18-45)50-31-27-48(28-32-50)46-19-11-8-12-20-46/h7-44H,1-6H3. The fourth-order valence-electron chi connectivity index (χ4n) is 12.4. The average molecular weight is 913 g/mol. The third kappa shape index (κ3) is 6.69. The predicted molar refractivity (Wildman–Crippen MR) is 299 cm³/mol. The summed E-state index contributed by atoms with van der Waals surface area (Å²) < 4.78 is 0. The molecule has 0 fully saturated rings. The second-order valence-corrected chi connectivity index (χ2v) is 21.4. The van der Waals surface area contributed by atoms with Crippen molar-refractivity contribution in [1.82, 2.24) is 0 Å². The van der Waals surface area contributed by atoms with Crippen molar-refractivity contribution in [2.75, 3.05) is 9.80 Å². The van der Waals surface area contributed by atoms with E-state index in [4.69, 9.17) is 0 Å². The van der Waals surface area contributed by atoms with Gasteiger partial charge in [-0.15, -0.1) is 0 Å². The fourth-order valence-corrected chi connectivity index (χ4v) is 12.4. The maximum atomic E-state index is 2.52. The Labute approximate surface area is 419 Å². The summed E-state index contributed by atoms with van der Waals surface area (Å²) in [4.78, 5) is 4.93. The van der Waals surface area contributed by atoms with Crippen molar-refractivity contribution < 1.29 is 0 Å². The number of nitrogens with zero attached hydrogens (tertiary/aromatic N) is 2. The van der Waals surface area contributed by atoms with Crippen LogP contribution in [-0.2, 0) is 16.2 Å². The highest BCUT2D eigenvalue weighted by molar-refractivity contribution is 5.92. The first-order valence-corrected chi connectivity index (χ1v) is 25.2. The Kier molecular flexibility index (Phi) is 9.61. The lowest BCUT2D eigenvalue weighted by atomic mass is 9.81. The smallest absolute Gasteiger partial charge is 0.0465 e. The first-order valence-electron chi connectivity index (χ1n) is 25.2. The molecular formula is C69H56N2. The van der Waals surface area contributed by atoms with Crippen LogP contribution in [-0.4, -0.2) is 0 Å². The van der Waals surface area contributed by atoms with Gasteiger partial charge in [0.25, 0.3) is 0 Å². The monoisotopic (exact) mass is 912 g/mol. The Bertz CT molecular complexity index is 3520. The van der Waals surface area contributed by atoms with E-state index in [1.807, 2.05) is 0 Å². The van der Waals surface area contributed by atoms with E-state index < -0.39 is 0 Å². The van der Waals surface area contributed by atoms with Gasteiger partial charge in [-0.3, -0.25) is 0 Å². The van der Waals surface area contributed by atoms with Crippen molar-refractivity contribution >= 4 is 34.1 Å². The van der Waals surface area contributed by atoms with Gasteiger partial charge in [-0.25, -0.2) is 0 Å². The number of hydrogen-bond acceptors (Lipinski definition) is 2. The summed E-state index contributed by atoms with van der Waals surface area (Å²) in [5.41, 5.74) is 27.2. The minimum atomic E-state index is -0.286. The van der Waals surface area contributed by atoms with E-state index in [2.05, 4.69) is 282 Å². The fraction of sp³-hybridized carbons (Fsp3) is 0.130. The van der Waals surface area contributed by atoms with Gasteiger partial charge in [-0.1, -0.05) is 199 Å². The second kappa shape index (κ2) is 15.9. The first kappa shape index (κ1) is 42.9. The average Bonchev–Trinajstić information content (AvgIpc) is 3.89. The molecule has 10 aromatic carbocycles. The van der Waals surface area contributed by atoms with E-state index in [0.29, 0.717) is 0 Å². The van der Waals surface area contributed by atoms with Gasteiger partial charge in [0.05, 0.1) is 0 Å². The molecule has 0 radical (unpaired) electrons. The number of anilines is 6. The lowest BCUT2D eigenvalue weighted by molar-refractivity contribution is 0.659. The maximum absolute atomic E-state index is 2.52. The number of benzene rings is 10. The third-order valence-electron chi connectivity index (χ3n) is 16.3. The Morgan fingerprint density at radius 2 is 0.451 bits per heavy atom. The first-order chi connectivity index (χ1) is 34.5. The maximum Gasteiger partial charge on any atom is 0.0465 e. The zero-order valence-electron chi connectivity index (χ0n) is 41.3. The van der Waals surface area contributed by atoms with Crippen LogP contribution >= 0.6 is 0 Å². The van der Waals surface area contributed by atoms with E-state index in [1.54, 1.807) is 0 Å². The van der Waals surface area contributed by atoms with E-state index in [-0.39, 0.29) is 16.2 Å². The van der Waals surface area contributed by atoms with Crippen molar-refractivity contribution in [2.45, 2.75) is 57.8 Å². The predicted octanol–water partition coefficient (Wildman–Crippen LogP) is 18.9. The van der Waals surface area contributed by atoms with E-state index in [1.165, 1.54) is 100 Å². The van der Waals surface area contributed by atoms with Crippen LogP contribution in [0.1, 0.15) is 74.9 Å². The molecule has 0 bridgehead atoms. The number of fused-ring (bicyclic) bond motifs is 9. The van der Waals surface area contributed by atoms with Crippen molar-refractivity contribution in [1.29, 1.82) is 0 Å². The molecule has 0 saturated heterocycles. The zero-order valence-corrected chi connectivity index (χ0v) is 41.3. The molecule has 2 heteroatoms. The molecule has 3 aliphatic rings. The molecule has 0 atom stereocenters. The Balaban J connectivity index is 0.924. The molecule has 0 heterocycles. The molecule has 71 heavy (non-hydrogen) atoms. The quantitative estimate of drug-likeness (QED) is 0.150. The molecule has 3 aliphatic carbocycles. The summed E-state index contributed by atoms with van der Waals surface area (Å²) in [5.74, 6) is 0. The topological polar surface area (TPSA) is 6.48 Å². The molecule has 0 amide bonds. The minimum Gasteiger partial charge on any atom is -0.310 e. The van der Waals surface area contributed by atoms with Crippen LogP contribution in [0.5, 0.6) is 0 Å². The third-order valence-corrected chi connectivity index (χ3v) is 16.3. The number of hydrogen-bond donors (Lipinski definition) is 0. The molecule has 0 saturated carbocycles. The lowest BCUT2D eigenvalue weighted by Crippen LogP contribution is -2.19. The summed E-state index contributed by atoms with van der Waals surface area (Å²) in [5, 5.41) is 0. The van der Waals surface area contributed by atoms with Gasteiger partial charge in [0.2, 0.25) is 0 Å². The van der Waals surface area contributed by atoms with E-state index in [0.717, 1.165) is 22.7 Å². The summed E-state index contributed by atoms with van der Waals surface area (Å²) in [7, 11) is 0. The Hall–Kier alpha value is -8.20. The van der Waals surface area contributed by atoms with Gasteiger partial charge in [0, 0.05) is 50.4 Å². The molecule has 13 rings (SSSR count). The van der Waals surface area contributed by atoms with Crippen LogP contribution in [0.2, 0.25) is 0 Å². The van der Waals surface area contributed by atoms with Crippen LogP contribution in [0.3, 0.4) is 0 Å². The van der Waals surface area contributed by atoms with Crippen molar-refractivity contribution in [2.24, 2.45) is 0 Å². The molecule has 342 valence electrons. The molecule has 0 N–H and O–H groups in total. The summed E-state index contributed by atoms with van der Waals surface area (Å²) >= 11 is 0. The molecule has 0 aromatic heterocycles. The highest BCUT2D eigenvalue weighted by Gasteiger charge is 2.40. The van der Waals surface area contributed by atoms with Crippen LogP contribution in [0.15, 0.2) is 231 Å². The normalized spacial score (nSPS) is 14.7. The second-order valence-electron chi connectivity index (χ2n) is 21.4. The van der Waals surface area contributed by atoms with Gasteiger partial charge >= 0.3 is 0 Å². The van der Waals surface area contributed by atoms with Gasteiger partial charge in [-0.05, 0) is 162 Å². The van der Waals surface area contributed by atoms with Crippen LogP contribution in [0.25, 0.3) is 55.6 Å². The molecule has 2 nitrogen and oxygen atoms in total.